The fourth-order valence-corrected chi connectivity index (χ4v) is 5.43. The van der Waals surface area contributed by atoms with Crippen molar-refractivity contribution in [3.63, 3.8) is 0 Å². The lowest BCUT2D eigenvalue weighted by molar-refractivity contribution is -0.150. The zero-order valence-corrected chi connectivity index (χ0v) is 17.2. The smallest absolute Gasteiger partial charge is 0.353 e. The third-order valence-electron chi connectivity index (χ3n) is 3.90. The molecular weight excluding hydrogens is 444 g/mol. The zero-order valence-electron chi connectivity index (χ0n) is 14.7. The molecule has 29 heavy (non-hydrogen) atoms. The molecule has 2 unspecified atom stereocenters. The number of carbonyl (C=O) groups excluding carboxylic acids is 2. The number of hydrogen-bond acceptors (Lipinski definition) is 10. The van der Waals surface area contributed by atoms with Crippen molar-refractivity contribution in [1.82, 2.24) is 15.2 Å². The summed E-state index contributed by atoms with van der Waals surface area (Å²) in [6.45, 7) is -0.750. The number of β-lactam (4-membered cyclic amide) rings is 1. The van der Waals surface area contributed by atoms with Crippen LogP contribution in [0.2, 0.25) is 0 Å². The van der Waals surface area contributed by atoms with Crippen molar-refractivity contribution in [2.24, 2.45) is 5.16 Å². The maximum absolute atomic E-state index is 12.7. The second-order valence-corrected chi connectivity index (χ2v) is 8.35. The number of thioether (sulfide) groups is 2. The summed E-state index contributed by atoms with van der Waals surface area (Å²) in [6, 6.07) is -0.950. The molecule has 0 radical (unpaired) electrons. The Morgan fingerprint density at radius 2 is 2.21 bits per heavy atom. The molecule has 3 N–H and O–H groups in total. The third-order valence-corrected chi connectivity index (χ3v) is 6.78. The second-order valence-electron chi connectivity index (χ2n) is 5.62. The van der Waals surface area contributed by atoms with Gasteiger partial charge in [0.2, 0.25) is 6.61 Å². The van der Waals surface area contributed by atoms with Crippen molar-refractivity contribution in [3.8, 4) is 0 Å². The molecule has 2 aliphatic heterocycles. The van der Waals surface area contributed by atoms with E-state index >= 15 is 0 Å². The molecule has 2 amide bonds. The monoisotopic (exact) mass is 458 g/mol. The standard InChI is InChI=1S/C15H14N4O7S3/c1-27-7-4-29-14-10(13(23)19(14)11(7)15(24)25)17-12(22)9(6-3-28-5-16-6)18-26-2-8(20)21/h3,5,10,14H,2,4H2,1H3,(H,17,22)(H,20,21)(H,24,25)/b18-9+. The highest BCUT2D eigenvalue weighted by molar-refractivity contribution is 8.05. The highest BCUT2D eigenvalue weighted by Crippen LogP contribution is 2.42. The Labute approximate surface area is 176 Å². The van der Waals surface area contributed by atoms with E-state index in [0.717, 1.165) is 4.90 Å². The normalized spacial score (nSPS) is 21.3. The fourth-order valence-electron chi connectivity index (χ4n) is 2.64. The van der Waals surface area contributed by atoms with E-state index in [4.69, 9.17) is 5.11 Å². The number of amides is 2. The molecule has 14 heteroatoms. The van der Waals surface area contributed by atoms with Crippen LogP contribution in [0.1, 0.15) is 5.69 Å². The number of oxime groups is 1. The first kappa shape index (κ1) is 21.1. The van der Waals surface area contributed by atoms with Crippen LogP contribution < -0.4 is 5.32 Å². The van der Waals surface area contributed by atoms with Gasteiger partial charge in [0.05, 0.1) is 5.51 Å². The number of nitrogens with zero attached hydrogens (tertiary/aromatic N) is 3. The van der Waals surface area contributed by atoms with Gasteiger partial charge < -0.3 is 20.4 Å². The van der Waals surface area contributed by atoms with Crippen LogP contribution >= 0.6 is 34.9 Å². The van der Waals surface area contributed by atoms with Gasteiger partial charge in [0.15, 0.2) is 5.71 Å². The summed E-state index contributed by atoms with van der Waals surface area (Å²) in [5.41, 5.74) is 1.26. The molecule has 3 rings (SSSR count). The van der Waals surface area contributed by atoms with Gasteiger partial charge in [0.25, 0.3) is 11.8 Å². The average Bonchev–Trinajstić information content (AvgIpc) is 3.21. The minimum atomic E-state index is -1.27. The van der Waals surface area contributed by atoms with E-state index in [-0.39, 0.29) is 17.1 Å². The number of carboxylic acids is 2. The minimum absolute atomic E-state index is 0.0741. The summed E-state index contributed by atoms with van der Waals surface area (Å²) in [5, 5.41) is 25.1. The van der Waals surface area contributed by atoms with Crippen molar-refractivity contribution >= 4 is 64.3 Å². The summed E-state index contributed by atoms with van der Waals surface area (Å²) < 4.78 is 0. The molecule has 2 aliphatic rings. The Morgan fingerprint density at radius 1 is 1.45 bits per heavy atom. The molecule has 0 aromatic carbocycles. The first-order chi connectivity index (χ1) is 13.8. The van der Waals surface area contributed by atoms with E-state index in [9.17, 15) is 24.3 Å². The SMILES string of the molecule is CSC1=C(C(=O)O)N2C(=O)C(NC(=O)/C(=N/OCC(=O)O)c3cscn3)C2SC1. The molecule has 2 atom stereocenters. The predicted molar refractivity (Wildman–Crippen MR) is 105 cm³/mol. The van der Waals surface area contributed by atoms with E-state index in [2.05, 4.69) is 20.3 Å². The first-order valence-electron chi connectivity index (χ1n) is 7.91. The third kappa shape index (κ3) is 4.23. The van der Waals surface area contributed by atoms with Gasteiger partial charge in [-0.1, -0.05) is 5.16 Å². The van der Waals surface area contributed by atoms with Crippen molar-refractivity contribution in [1.29, 1.82) is 0 Å². The van der Waals surface area contributed by atoms with Crippen LogP contribution in [0.15, 0.2) is 26.6 Å². The van der Waals surface area contributed by atoms with E-state index in [1.807, 2.05) is 0 Å². The number of thiazole rings is 1. The molecule has 0 spiro atoms. The van der Waals surface area contributed by atoms with Gasteiger partial charge in [-0.3, -0.25) is 14.5 Å². The highest BCUT2D eigenvalue weighted by Gasteiger charge is 2.54. The number of rotatable bonds is 8. The van der Waals surface area contributed by atoms with E-state index in [0.29, 0.717) is 10.7 Å². The van der Waals surface area contributed by atoms with Gasteiger partial charge >= 0.3 is 11.9 Å². The number of aliphatic carboxylic acids is 2. The van der Waals surface area contributed by atoms with Gasteiger partial charge in [-0.15, -0.1) is 34.9 Å². The van der Waals surface area contributed by atoms with Gasteiger partial charge in [0.1, 0.15) is 22.8 Å². The quantitative estimate of drug-likeness (QED) is 0.275. The Hall–Kier alpha value is -2.58. The van der Waals surface area contributed by atoms with Crippen LogP contribution in [0.25, 0.3) is 0 Å². The lowest BCUT2D eigenvalue weighted by Gasteiger charge is -2.49. The van der Waals surface area contributed by atoms with Crippen molar-refractivity contribution in [2.45, 2.75) is 11.4 Å². The van der Waals surface area contributed by atoms with E-state index < -0.39 is 41.8 Å². The Bertz CT molecular complexity index is 915. The molecule has 0 bridgehead atoms. The Balaban J connectivity index is 1.77. The predicted octanol–water partition coefficient (Wildman–Crippen LogP) is 0.00750. The second kappa shape index (κ2) is 8.84. The minimum Gasteiger partial charge on any atom is -0.479 e. The van der Waals surface area contributed by atoms with Crippen LogP contribution in [0, 0.1) is 0 Å². The molecule has 0 aliphatic carbocycles. The summed E-state index contributed by atoms with van der Waals surface area (Å²) in [5.74, 6) is -3.41. The van der Waals surface area contributed by atoms with Crippen LogP contribution in [0.3, 0.4) is 0 Å². The van der Waals surface area contributed by atoms with Crippen LogP contribution in [0.4, 0.5) is 0 Å². The lowest BCUT2D eigenvalue weighted by atomic mass is 10.0. The highest BCUT2D eigenvalue weighted by atomic mass is 32.2. The molecule has 1 saturated heterocycles. The summed E-state index contributed by atoms with van der Waals surface area (Å²) >= 11 is 3.79. The summed E-state index contributed by atoms with van der Waals surface area (Å²) in [6.07, 6.45) is 1.73. The molecule has 3 heterocycles. The number of aromatic nitrogens is 1. The van der Waals surface area contributed by atoms with Crippen LogP contribution in [0.5, 0.6) is 0 Å². The summed E-state index contributed by atoms with van der Waals surface area (Å²) in [7, 11) is 0. The Morgan fingerprint density at radius 3 is 2.79 bits per heavy atom. The lowest BCUT2D eigenvalue weighted by Crippen LogP contribution is -2.71. The summed E-state index contributed by atoms with van der Waals surface area (Å²) in [4.78, 5) is 57.7. The van der Waals surface area contributed by atoms with E-state index in [1.165, 1.54) is 45.8 Å². The first-order valence-corrected chi connectivity index (χ1v) is 11.1. The molecule has 154 valence electrons. The number of hydrogen-bond donors (Lipinski definition) is 3. The van der Waals surface area contributed by atoms with Crippen LogP contribution in [-0.4, -0.2) is 79.6 Å². The largest absolute Gasteiger partial charge is 0.479 e. The molecule has 1 fully saturated rings. The number of carbonyl (C=O) groups is 4. The molecule has 1 aromatic heterocycles. The molecule has 0 saturated carbocycles. The van der Waals surface area contributed by atoms with Crippen molar-refractivity contribution in [3.05, 3.63) is 27.2 Å². The van der Waals surface area contributed by atoms with Crippen LogP contribution in [-0.2, 0) is 24.0 Å². The van der Waals surface area contributed by atoms with Gasteiger partial charge in [-0.2, -0.15) is 0 Å². The van der Waals surface area contributed by atoms with Gasteiger partial charge in [-0.05, 0) is 6.26 Å². The molecule has 1 aromatic rings. The fraction of sp³-hybridized carbons (Fsp3) is 0.333. The Kier molecular flexibility index (Phi) is 6.44. The molecule has 11 nitrogen and oxygen atoms in total. The van der Waals surface area contributed by atoms with Crippen molar-refractivity contribution < 1.29 is 34.2 Å². The van der Waals surface area contributed by atoms with E-state index in [1.54, 1.807) is 6.26 Å². The maximum atomic E-state index is 12.7. The topological polar surface area (TPSA) is 158 Å². The van der Waals surface area contributed by atoms with Gasteiger partial charge in [-0.25, -0.2) is 14.6 Å². The van der Waals surface area contributed by atoms with Crippen molar-refractivity contribution in [2.75, 3.05) is 18.6 Å². The van der Waals surface area contributed by atoms with Gasteiger partial charge in [0, 0.05) is 16.0 Å². The maximum Gasteiger partial charge on any atom is 0.353 e. The number of fused-ring (bicyclic) bond motifs is 1. The molecular formula is C15H14N4O7S3. The average molecular weight is 458 g/mol. The number of nitrogens with one attached hydrogen (secondary N) is 1. The number of carboxylic acid groups (broad SMARTS) is 2. The zero-order chi connectivity index (χ0) is 21.1.